The Morgan fingerprint density at radius 1 is 1.40 bits per heavy atom. The molecule has 1 aliphatic rings. The Hall–Kier alpha value is -0.490. The van der Waals surface area contributed by atoms with E-state index >= 15 is 0 Å². The number of halogens is 1. The first-order valence-corrected chi connectivity index (χ1v) is 8.94. The normalized spacial score (nSPS) is 18.7. The van der Waals surface area contributed by atoms with Gasteiger partial charge in [0.15, 0.2) is 0 Å². The molecule has 1 aromatic heterocycles. The molecule has 0 aromatic carbocycles. The van der Waals surface area contributed by atoms with E-state index in [1.54, 1.807) is 6.33 Å². The third kappa shape index (κ3) is 4.01. The summed E-state index contributed by atoms with van der Waals surface area (Å²) in [4.78, 5) is 11.2. The van der Waals surface area contributed by atoms with E-state index in [0.717, 1.165) is 47.9 Å². The van der Waals surface area contributed by atoms with Gasteiger partial charge in [0.2, 0.25) is 0 Å². The second-order valence-corrected chi connectivity index (χ2v) is 8.23. The third-order valence-corrected chi connectivity index (χ3v) is 5.55. The first-order valence-electron chi connectivity index (χ1n) is 7.17. The summed E-state index contributed by atoms with van der Waals surface area (Å²) in [5, 5.41) is 3.34. The first-order chi connectivity index (χ1) is 9.53. The van der Waals surface area contributed by atoms with Gasteiger partial charge in [-0.3, -0.25) is 0 Å². The van der Waals surface area contributed by atoms with Crippen molar-refractivity contribution < 1.29 is 0 Å². The zero-order valence-electron chi connectivity index (χ0n) is 12.4. The van der Waals surface area contributed by atoms with Crippen LogP contribution >= 0.6 is 27.7 Å². The predicted molar refractivity (Wildman–Crippen MR) is 91.9 cm³/mol. The molecule has 0 saturated carbocycles. The second kappa shape index (κ2) is 6.98. The topological polar surface area (TPSA) is 41.1 Å². The monoisotopic (exact) mass is 358 g/mol. The molecule has 0 aliphatic carbocycles. The van der Waals surface area contributed by atoms with Crippen LogP contribution in [0, 0.1) is 0 Å². The standard InChI is InChI=1S/C14H23BrN4S/c1-4-6-16-12-11(15)13(18-10-17-12)19-7-5-14(2,3)20-9-8-19/h10H,4-9H2,1-3H3,(H,16,17,18). The highest BCUT2D eigenvalue weighted by Crippen LogP contribution is 2.35. The van der Waals surface area contributed by atoms with Crippen LogP contribution in [0.4, 0.5) is 11.6 Å². The lowest BCUT2D eigenvalue weighted by atomic mass is 10.1. The van der Waals surface area contributed by atoms with Crippen LogP contribution in [0.2, 0.25) is 0 Å². The Balaban J connectivity index is 2.15. The Labute approximate surface area is 134 Å². The fourth-order valence-corrected chi connectivity index (χ4v) is 3.88. The molecule has 1 N–H and O–H groups in total. The number of thioether (sulfide) groups is 1. The van der Waals surface area contributed by atoms with Gasteiger partial charge in [-0.05, 0) is 28.8 Å². The molecule has 1 saturated heterocycles. The number of hydrogen-bond donors (Lipinski definition) is 1. The minimum Gasteiger partial charge on any atom is -0.369 e. The highest BCUT2D eigenvalue weighted by molar-refractivity contribution is 9.10. The van der Waals surface area contributed by atoms with Gasteiger partial charge in [-0.1, -0.05) is 20.8 Å². The second-order valence-electron chi connectivity index (χ2n) is 5.63. The Morgan fingerprint density at radius 2 is 2.20 bits per heavy atom. The molecule has 0 spiro atoms. The Morgan fingerprint density at radius 3 is 2.95 bits per heavy atom. The lowest BCUT2D eigenvalue weighted by Gasteiger charge is -2.24. The average Bonchev–Trinajstić information content (AvgIpc) is 2.59. The predicted octanol–water partition coefficient (Wildman–Crippen LogP) is 3.78. The van der Waals surface area contributed by atoms with Crippen LogP contribution in [0.1, 0.15) is 33.6 Å². The Bertz CT molecular complexity index is 453. The van der Waals surface area contributed by atoms with Crippen molar-refractivity contribution >= 4 is 39.3 Å². The molecule has 0 atom stereocenters. The van der Waals surface area contributed by atoms with Crippen molar-refractivity contribution in [3.8, 4) is 0 Å². The van der Waals surface area contributed by atoms with Crippen molar-refractivity contribution in [2.75, 3.05) is 35.6 Å². The van der Waals surface area contributed by atoms with Gasteiger partial charge in [-0.25, -0.2) is 9.97 Å². The van der Waals surface area contributed by atoms with Crippen molar-refractivity contribution in [2.24, 2.45) is 0 Å². The highest BCUT2D eigenvalue weighted by atomic mass is 79.9. The van der Waals surface area contributed by atoms with Crippen molar-refractivity contribution in [2.45, 2.75) is 38.4 Å². The molecular weight excluding hydrogens is 336 g/mol. The van der Waals surface area contributed by atoms with Crippen LogP contribution in [0.25, 0.3) is 0 Å². The molecule has 2 rings (SSSR count). The summed E-state index contributed by atoms with van der Waals surface area (Å²) in [6, 6.07) is 0. The van der Waals surface area contributed by atoms with E-state index in [-0.39, 0.29) is 0 Å². The third-order valence-electron chi connectivity index (χ3n) is 3.45. The summed E-state index contributed by atoms with van der Waals surface area (Å²) in [5.74, 6) is 3.05. The molecule has 0 bridgehead atoms. The number of hydrogen-bond acceptors (Lipinski definition) is 5. The van der Waals surface area contributed by atoms with E-state index in [1.165, 1.54) is 6.42 Å². The van der Waals surface area contributed by atoms with E-state index < -0.39 is 0 Å². The van der Waals surface area contributed by atoms with Gasteiger partial charge in [0, 0.05) is 30.1 Å². The molecule has 1 aliphatic heterocycles. The Kier molecular flexibility index (Phi) is 5.55. The quantitative estimate of drug-likeness (QED) is 0.886. The number of nitrogens with one attached hydrogen (secondary N) is 1. The molecule has 20 heavy (non-hydrogen) atoms. The molecule has 2 heterocycles. The van der Waals surface area contributed by atoms with Gasteiger partial charge in [0.05, 0.1) is 0 Å². The van der Waals surface area contributed by atoms with Crippen molar-refractivity contribution in [3.63, 3.8) is 0 Å². The number of rotatable bonds is 4. The summed E-state index contributed by atoms with van der Waals surface area (Å²) in [6.45, 7) is 9.81. The van der Waals surface area contributed by atoms with Crippen molar-refractivity contribution in [1.29, 1.82) is 0 Å². The van der Waals surface area contributed by atoms with Gasteiger partial charge in [-0.2, -0.15) is 11.8 Å². The summed E-state index contributed by atoms with van der Waals surface area (Å²) in [7, 11) is 0. The van der Waals surface area contributed by atoms with Crippen LogP contribution in [0.3, 0.4) is 0 Å². The lowest BCUT2D eigenvalue weighted by molar-refractivity contribution is 0.634. The molecule has 1 fully saturated rings. The van der Waals surface area contributed by atoms with Crippen LogP contribution < -0.4 is 10.2 Å². The van der Waals surface area contributed by atoms with Gasteiger partial charge in [0.1, 0.15) is 22.4 Å². The lowest BCUT2D eigenvalue weighted by Crippen LogP contribution is -2.28. The van der Waals surface area contributed by atoms with Crippen molar-refractivity contribution in [3.05, 3.63) is 10.8 Å². The SMILES string of the molecule is CCCNc1ncnc(N2CCSC(C)(C)CC2)c1Br. The maximum atomic E-state index is 4.48. The van der Waals surface area contributed by atoms with E-state index in [0.29, 0.717) is 4.75 Å². The van der Waals surface area contributed by atoms with Gasteiger partial charge in [0.25, 0.3) is 0 Å². The summed E-state index contributed by atoms with van der Waals surface area (Å²) in [6.07, 6.45) is 3.91. The van der Waals surface area contributed by atoms with Crippen molar-refractivity contribution in [1.82, 2.24) is 9.97 Å². The molecular formula is C14H23BrN4S. The number of aromatic nitrogens is 2. The van der Waals surface area contributed by atoms with E-state index in [9.17, 15) is 0 Å². The average molecular weight is 359 g/mol. The molecule has 112 valence electrons. The summed E-state index contributed by atoms with van der Waals surface area (Å²) < 4.78 is 1.34. The minimum absolute atomic E-state index is 0.359. The van der Waals surface area contributed by atoms with Gasteiger partial charge >= 0.3 is 0 Å². The smallest absolute Gasteiger partial charge is 0.148 e. The molecule has 1 aromatic rings. The van der Waals surface area contributed by atoms with E-state index in [4.69, 9.17) is 0 Å². The zero-order valence-corrected chi connectivity index (χ0v) is 14.9. The first kappa shape index (κ1) is 15.9. The van der Waals surface area contributed by atoms with Gasteiger partial charge < -0.3 is 10.2 Å². The van der Waals surface area contributed by atoms with Crippen LogP contribution in [0.5, 0.6) is 0 Å². The fourth-order valence-electron chi connectivity index (χ4n) is 2.18. The van der Waals surface area contributed by atoms with Gasteiger partial charge in [-0.15, -0.1) is 0 Å². The van der Waals surface area contributed by atoms with Crippen LogP contribution in [-0.4, -0.2) is 40.1 Å². The molecule has 0 unspecified atom stereocenters. The molecule has 0 radical (unpaired) electrons. The number of nitrogens with zero attached hydrogens (tertiary/aromatic N) is 3. The molecule has 6 heteroatoms. The van der Waals surface area contributed by atoms with Crippen LogP contribution in [0.15, 0.2) is 10.8 Å². The summed E-state index contributed by atoms with van der Waals surface area (Å²) in [5.41, 5.74) is 0. The zero-order chi connectivity index (χ0) is 14.6. The fraction of sp³-hybridized carbons (Fsp3) is 0.714. The molecule has 0 amide bonds. The minimum atomic E-state index is 0.359. The van der Waals surface area contributed by atoms with E-state index in [2.05, 4.69) is 56.9 Å². The summed E-state index contributed by atoms with van der Waals surface area (Å²) >= 11 is 5.71. The largest absolute Gasteiger partial charge is 0.369 e. The van der Waals surface area contributed by atoms with Crippen LogP contribution in [-0.2, 0) is 0 Å². The number of anilines is 2. The maximum Gasteiger partial charge on any atom is 0.148 e. The van der Waals surface area contributed by atoms with E-state index in [1.807, 2.05) is 11.8 Å². The highest BCUT2D eigenvalue weighted by Gasteiger charge is 2.25. The maximum absolute atomic E-state index is 4.48. The molecule has 4 nitrogen and oxygen atoms in total.